The lowest BCUT2D eigenvalue weighted by atomic mass is 10.0. The molecule has 2 aromatic carbocycles. The van der Waals surface area contributed by atoms with Crippen molar-refractivity contribution in [2.75, 3.05) is 11.9 Å². The zero-order valence-corrected chi connectivity index (χ0v) is 17.9. The van der Waals surface area contributed by atoms with Crippen molar-refractivity contribution in [1.82, 2.24) is 19.6 Å². The summed E-state index contributed by atoms with van der Waals surface area (Å²) in [6, 6.07) is 13.4. The number of benzene rings is 2. The van der Waals surface area contributed by atoms with E-state index in [0.29, 0.717) is 17.0 Å². The zero-order valence-electron chi connectivity index (χ0n) is 17.2. The summed E-state index contributed by atoms with van der Waals surface area (Å²) in [5.74, 6) is 1.67. The van der Waals surface area contributed by atoms with E-state index in [1.54, 1.807) is 12.1 Å². The lowest BCUT2D eigenvalue weighted by molar-refractivity contribution is 0.0979. The van der Waals surface area contributed by atoms with Gasteiger partial charge in [0.15, 0.2) is 11.6 Å². The molecule has 0 saturated heterocycles. The monoisotopic (exact) mass is 421 g/mol. The maximum absolute atomic E-state index is 12.3. The first-order chi connectivity index (χ1) is 14.5. The summed E-state index contributed by atoms with van der Waals surface area (Å²) in [6.07, 6.45) is 3.21. The summed E-state index contributed by atoms with van der Waals surface area (Å²) in [6.45, 7) is 4.76. The number of Topliss-reactive ketones (excluding diaryl/α,β-unsaturated/α-hetero) is 1. The Morgan fingerprint density at radius 2 is 1.90 bits per heavy atom. The summed E-state index contributed by atoms with van der Waals surface area (Å²) in [5.41, 5.74) is 4.42. The fourth-order valence-corrected chi connectivity index (χ4v) is 3.86. The average Bonchev–Trinajstić information content (AvgIpc) is 3.12. The van der Waals surface area contributed by atoms with Crippen molar-refractivity contribution in [2.24, 2.45) is 0 Å². The Morgan fingerprint density at radius 3 is 2.73 bits per heavy atom. The molecule has 0 aliphatic carbocycles. The maximum Gasteiger partial charge on any atom is 0.204 e. The van der Waals surface area contributed by atoms with Gasteiger partial charge in [0, 0.05) is 18.5 Å². The van der Waals surface area contributed by atoms with Crippen LogP contribution in [0.3, 0.4) is 0 Å². The summed E-state index contributed by atoms with van der Waals surface area (Å²) in [7, 11) is 0. The van der Waals surface area contributed by atoms with Crippen molar-refractivity contribution in [3.05, 3.63) is 64.4 Å². The fraction of sp³-hybridized carbons (Fsp3) is 0.304. The lowest BCUT2D eigenvalue weighted by Gasteiger charge is -2.10. The lowest BCUT2D eigenvalue weighted by Crippen LogP contribution is -2.07. The van der Waals surface area contributed by atoms with Gasteiger partial charge in [-0.25, -0.2) is 4.98 Å². The van der Waals surface area contributed by atoms with Crippen LogP contribution >= 0.6 is 11.6 Å². The number of aromatic nitrogens is 4. The molecule has 30 heavy (non-hydrogen) atoms. The predicted octanol–water partition coefficient (Wildman–Crippen LogP) is 5.40. The largest absolute Gasteiger partial charge is 0.367 e. The van der Waals surface area contributed by atoms with Gasteiger partial charge in [0.2, 0.25) is 5.65 Å². The molecule has 0 fully saturated rings. The van der Waals surface area contributed by atoms with Crippen LogP contribution < -0.4 is 5.32 Å². The second kappa shape index (κ2) is 8.79. The van der Waals surface area contributed by atoms with E-state index in [-0.39, 0.29) is 5.78 Å². The molecule has 6 nitrogen and oxygen atoms in total. The Bertz CT molecular complexity index is 1220. The summed E-state index contributed by atoms with van der Waals surface area (Å²) >= 11 is 6.10. The number of hydrogen-bond acceptors (Lipinski definition) is 5. The highest BCUT2D eigenvalue weighted by Gasteiger charge is 2.13. The van der Waals surface area contributed by atoms with E-state index in [2.05, 4.69) is 40.6 Å². The van der Waals surface area contributed by atoms with Gasteiger partial charge in [-0.3, -0.25) is 9.20 Å². The molecule has 154 valence electrons. The molecule has 0 spiro atoms. The zero-order chi connectivity index (χ0) is 21.1. The average molecular weight is 422 g/mol. The van der Waals surface area contributed by atoms with Gasteiger partial charge in [0.05, 0.1) is 16.1 Å². The SMILES string of the molecule is Cc1ccc2c(c1)nc(NCCCCCC(=O)c1ccccc1Cl)c1nnc(C)n12. The molecule has 0 atom stereocenters. The van der Waals surface area contributed by atoms with Crippen LogP contribution in [0.1, 0.15) is 47.4 Å². The van der Waals surface area contributed by atoms with E-state index >= 15 is 0 Å². The number of carbonyl (C=O) groups excluding carboxylic acids is 1. The third kappa shape index (κ3) is 4.14. The Labute approximate surface area is 180 Å². The van der Waals surface area contributed by atoms with Crippen LogP contribution in [0.5, 0.6) is 0 Å². The first-order valence-electron chi connectivity index (χ1n) is 10.2. The molecule has 0 aliphatic rings. The van der Waals surface area contributed by atoms with Gasteiger partial charge >= 0.3 is 0 Å². The molecule has 0 saturated carbocycles. The molecule has 0 aliphatic heterocycles. The third-order valence-electron chi connectivity index (χ3n) is 5.19. The molecule has 0 bridgehead atoms. The standard InChI is InChI=1S/C23H24ClN5O/c1-15-11-12-20-19(14-15)26-22(23-28-27-16(2)29(20)23)25-13-7-3-4-10-21(30)17-8-5-6-9-18(17)24/h5-6,8-9,11-12,14H,3-4,7,10,13H2,1-2H3,(H,25,26). The van der Waals surface area contributed by atoms with E-state index in [1.165, 1.54) is 0 Å². The molecule has 0 amide bonds. The van der Waals surface area contributed by atoms with Crippen LogP contribution in [-0.2, 0) is 0 Å². The smallest absolute Gasteiger partial charge is 0.204 e. The van der Waals surface area contributed by atoms with Crippen LogP contribution in [0.2, 0.25) is 5.02 Å². The van der Waals surface area contributed by atoms with Gasteiger partial charge in [0.1, 0.15) is 5.82 Å². The van der Waals surface area contributed by atoms with Gasteiger partial charge in [-0.2, -0.15) is 0 Å². The minimum atomic E-state index is 0.0979. The number of nitrogens with one attached hydrogen (secondary N) is 1. The third-order valence-corrected chi connectivity index (χ3v) is 5.52. The summed E-state index contributed by atoms with van der Waals surface area (Å²) in [4.78, 5) is 17.1. The van der Waals surface area contributed by atoms with E-state index < -0.39 is 0 Å². The number of ketones is 1. The van der Waals surface area contributed by atoms with Crippen molar-refractivity contribution in [3.63, 3.8) is 0 Å². The van der Waals surface area contributed by atoms with Crippen LogP contribution in [0.25, 0.3) is 16.7 Å². The molecule has 4 aromatic rings. The Balaban J connectivity index is 1.36. The molecule has 4 rings (SSSR count). The second-order valence-electron chi connectivity index (χ2n) is 7.50. The highest BCUT2D eigenvalue weighted by atomic mass is 35.5. The van der Waals surface area contributed by atoms with Crippen molar-refractivity contribution >= 4 is 39.9 Å². The first-order valence-corrected chi connectivity index (χ1v) is 10.6. The molecule has 0 unspecified atom stereocenters. The molecule has 7 heteroatoms. The van der Waals surface area contributed by atoms with E-state index in [9.17, 15) is 4.79 Å². The maximum atomic E-state index is 12.3. The number of anilines is 1. The highest BCUT2D eigenvalue weighted by Crippen LogP contribution is 2.23. The van der Waals surface area contributed by atoms with Crippen LogP contribution in [-0.4, -0.2) is 31.9 Å². The number of hydrogen-bond donors (Lipinski definition) is 1. The van der Waals surface area contributed by atoms with E-state index in [1.807, 2.05) is 23.5 Å². The van der Waals surface area contributed by atoms with Crippen molar-refractivity contribution in [3.8, 4) is 0 Å². The van der Waals surface area contributed by atoms with Gasteiger partial charge in [-0.05, 0) is 56.5 Å². The fourth-order valence-electron chi connectivity index (χ4n) is 3.62. The van der Waals surface area contributed by atoms with Gasteiger partial charge < -0.3 is 5.32 Å². The van der Waals surface area contributed by atoms with E-state index in [4.69, 9.17) is 16.6 Å². The Morgan fingerprint density at radius 1 is 1.07 bits per heavy atom. The molecule has 2 heterocycles. The highest BCUT2D eigenvalue weighted by molar-refractivity contribution is 6.33. The normalized spacial score (nSPS) is 11.3. The number of rotatable bonds is 8. The second-order valence-corrected chi connectivity index (χ2v) is 7.91. The number of aryl methyl sites for hydroxylation is 2. The molecular weight excluding hydrogens is 398 g/mol. The number of unbranched alkanes of at least 4 members (excludes halogenated alkanes) is 2. The van der Waals surface area contributed by atoms with Crippen LogP contribution in [0.15, 0.2) is 42.5 Å². The summed E-state index contributed by atoms with van der Waals surface area (Å²) in [5, 5.41) is 12.5. The van der Waals surface area contributed by atoms with E-state index in [0.717, 1.165) is 59.7 Å². The van der Waals surface area contributed by atoms with Gasteiger partial charge in [-0.15, -0.1) is 10.2 Å². The number of carbonyl (C=O) groups is 1. The molecule has 0 radical (unpaired) electrons. The van der Waals surface area contributed by atoms with Crippen molar-refractivity contribution < 1.29 is 4.79 Å². The number of halogens is 1. The first kappa shape index (κ1) is 20.3. The van der Waals surface area contributed by atoms with Gasteiger partial charge in [0.25, 0.3) is 0 Å². The van der Waals surface area contributed by atoms with Crippen LogP contribution in [0.4, 0.5) is 5.82 Å². The number of fused-ring (bicyclic) bond motifs is 3. The number of nitrogens with zero attached hydrogens (tertiary/aromatic N) is 4. The molecule has 2 aromatic heterocycles. The predicted molar refractivity (Wildman–Crippen MR) is 121 cm³/mol. The minimum absolute atomic E-state index is 0.0979. The van der Waals surface area contributed by atoms with Crippen molar-refractivity contribution in [2.45, 2.75) is 39.5 Å². The van der Waals surface area contributed by atoms with Gasteiger partial charge in [-0.1, -0.05) is 36.2 Å². The Hall–Kier alpha value is -2.99. The molecular formula is C23H24ClN5O. The summed E-state index contributed by atoms with van der Waals surface area (Å²) < 4.78 is 2.03. The minimum Gasteiger partial charge on any atom is -0.367 e. The van der Waals surface area contributed by atoms with Crippen LogP contribution in [0, 0.1) is 13.8 Å². The molecule has 1 N–H and O–H groups in total. The van der Waals surface area contributed by atoms with Crippen molar-refractivity contribution in [1.29, 1.82) is 0 Å². The Kier molecular flexibility index (Phi) is 5.95. The topological polar surface area (TPSA) is 72.2 Å². The quantitative estimate of drug-likeness (QED) is 0.304.